The van der Waals surface area contributed by atoms with Crippen molar-refractivity contribution in [3.63, 3.8) is 0 Å². The molecule has 0 saturated heterocycles. The predicted octanol–water partition coefficient (Wildman–Crippen LogP) is 6.48. The number of amides is 1. The Bertz CT molecular complexity index is 964. The summed E-state index contributed by atoms with van der Waals surface area (Å²) in [5, 5.41) is 73.7. The summed E-state index contributed by atoms with van der Waals surface area (Å²) >= 11 is 0. The maximum absolute atomic E-state index is 12.8. The highest BCUT2D eigenvalue weighted by atomic mass is 31.2. The molecule has 1 fully saturated rings. The number of carbonyl (C=O) groups is 1. The molecule has 0 aromatic rings. The maximum Gasteiger partial charge on any atom is 0.472 e. The van der Waals surface area contributed by atoms with Crippen LogP contribution in [-0.4, -0.2) is 108 Å². The number of aliphatic hydroxyl groups is 7. The van der Waals surface area contributed by atoms with Gasteiger partial charge in [0.1, 0.15) is 36.6 Å². The van der Waals surface area contributed by atoms with Gasteiger partial charge in [-0.15, -0.1) is 0 Å². The zero-order chi connectivity index (χ0) is 40.9. The number of hydrogen-bond donors (Lipinski definition) is 9. The Morgan fingerprint density at radius 2 is 0.909 bits per heavy atom. The van der Waals surface area contributed by atoms with Gasteiger partial charge < -0.3 is 46.0 Å². The van der Waals surface area contributed by atoms with Gasteiger partial charge in [0.15, 0.2) is 0 Å². The van der Waals surface area contributed by atoms with Crippen molar-refractivity contribution in [2.45, 2.75) is 249 Å². The molecule has 8 atom stereocenters. The molecule has 0 aromatic heterocycles. The quantitative estimate of drug-likeness (QED) is 0.0245. The van der Waals surface area contributed by atoms with Gasteiger partial charge in [-0.1, -0.05) is 174 Å². The van der Waals surface area contributed by atoms with Crippen LogP contribution in [0.2, 0.25) is 0 Å². The zero-order valence-electron chi connectivity index (χ0n) is 34.4. The molecule has 0 aromatic carbocycles. The Morgan fingerprint density at radius 1 is 0.564 bits per heavy atom. The van der Waals surface area contributed by atoms with E-state index in [4.69, 9.17) is 9.05 Å². The van der Waals surface area contributed by atoms with E-state index in [1.54, 1.807) is 0 Å². The number of phosphoric ester groups is 1. The number of nitrogens with one attached hydrogen (secondary N) is 1. The summed E-state index contributed by atoms with van der Waals surface area (Å²) in [4.78, 5) is 23.1. The highest BCUT2D eigenvalue weighted by Gasteiger charge is 2.51. The number of unbranched alkanes of at least 4 members (excludes halogenated alkanes) is 23. The second-order valence-corrected chi connectivity index (χ2v) is 17.5. The van der Waals surface area contributed by atoms with Gasteiger partial charge >= 0.3 is 7.82 Å². The molecule has 9 N–H and O–H groups in total. The lowest BCUT2D eigenvalue weighted by atomic mass is 9.85. The van der Waals surface area contributed by atoms with Gasteiger partial charge in [0.2, 0.25) is 5.91 Å². The summed E-state index contributed by atoms with van der Waals surface area (Å²) in [6, 6.07) is -1.14. The first-order valence-electron chi connectivity index (χ1n) is 22.1. The van der Waals surface area contributed by atoms with E-state index in [1.165, 1.54) is 116 Å². The lowest BCUT2D eigenvalue weighted by Gasteiger charge is -2.41. The minimum atomic E-state index is -5.09. The molecule has 1 aliphatic rings. The van der Waals surface area contributed by atoms with E-state index in [-0.39, 0.29) is 12.8 Å². The molecule has 13 nitrogen and oxygen atoms in total. The largest absolute Gasteiger partial charge is 0.472 e. The van der Waals surface area contributed by atoms with Crippen molar-refractivity contribution in [2.75, 3.05) is 6.61 Å². The van der Waals surface area contributed by atoms with E-state index in [1.807, 2.05) is 6.92 Å². The van der Waals surface area contributed by atoms with E-state index in [2.05, 4.69) is 12.2 Å². The van der Waals surface area contributed by atoms with Crippen LogP contribution in [0.25, 0.3) is 0 Å². The van der Waals surface area contributed by atoms with E-state index in [0.29, 0.717) is 12.8 Å². The average Bonchev–Trinajstić information content (AvgIpc) is 3.15. The molecule has 0 aliphatic heterocycles. The average molecular weight is 812 g/mol. The monoisotopic (exact) mass is 812 g/mol. The molecule has 1 saturated carbocycles. The van der Waals surface area contributed by atoms with Crippen LogP contribution >= 0.6 is 7.82 Å². The van der Waals surface area contributed by atoms with Crippen molar-refractivity contribution in [3.8, 4) is 0 Å². The molecular weight excluding hydrogens is 729 g/mol. The van der Waals surface area contributed by atoms with Crippen molar-refractivity contribution >= 4 is 13.7 Å². The van der Waals surface area contributed by atoms with Gasteiger partial charge in [-0.25, -0.2) is 4.57 Å². The molecule has 0 heterocycles. The summed E-state index contributed by atoms with van der Waals surface area (Å²) < 4.78 is 22.6. The summed E-state index contributed by atoms with van der Waals surface area (Å²) in [6.45, 7) is 3.57. The molecule has 55 heavy (non-hydrogen) atoms. The zero-order valence-corrected chi connectivity index (χ0v) is 35.3. The van der Waals surface area contributed by atoms with Crippen molar-refractivity contribution in [1.29, 1.82) is 0 Å². The lowest BCUT2D eigenvalue weighted by molar-refractivity contribution is -0.220. The number of aliphatic hydroxyl groups excluding tert-OH is 7. The third-order valence-electron chi connectivity index (χ3n) is 11.0. The van der Waals surface area contributed by atoms with Gasteiger partial charge in [0, 0.05) is 0 Å². The molecule has 1 amide bonds. The van der Waals surface area contributed by atoms with Crippen molar-refractivity contribution < 1.29 is 59.0 Å². The highest BCUT2D eigenvalue weighted by molar-refractivity contribution is 7.47. The highest BCUT2D eigenvalue weighted by Crippen LogP contribution is 2.47. The van der Waals surface area contributed by atoms with Crippen LogP contribution < -0.4 is 5.32 Å². The van der Waals surface area contributed by atoms with E-state index < -0.39 is 75.2 Å². The van der Waals surface area contributed by atoms with Crippen molar-refractivity contribution in [1.82, 2.24) is 5.32 Å². The van der Waals surface area contributed by atoms with Gasteiger partial charge in [-0.05, 0) is 12.8 Å². The summed E-state index contributed by atoms with van der Waals surface area (Å²) in [5.74, 6) is -0.568. The van der Waals surface area contributed by atoms with E-state index in [9.17, 15) is 50.0 Å². The number of carbonyl (C=O) groups excluding carboxylic acids is 1. The maximum atomic E-state index is 12.8. The van der Waals surface area contributed by atoms with Crippen LogP contribution in [0.4, 0.5) is 0 Å². The fraction of sp³-hybridized carbons (Fsp3) is 0.976. The predicted molar refractivity (Wildman–Crippen MR) is 215 cm³/mol. The van der Waals surface area contributed by atoms with Crippen LogP contribution in [0, 0.1) is 0 Å². The topological polar surface area (TPSA) is 226 Å². The Morgan fingerprint density at radius 3 is 1.33 bits per heavy atom. The summed E-state index contributed by atoms with van der Waals surface area (Å²) in [5.41, 5.74) is 0. The third-order valence-corrected chi connectivity index (χ3v) is 12.0. The number of rotatable bonds is 36. The van der Waals surface area contributed by atoms with Crippen LogP contribution in [0.1, 0.15) is 194 Å². The van der Waals surface area contributed by atoms with Gasteiger partial charge in [-0.2, -0.15) is 0 Å². The van der Waals surface area contributed by atoms with Gasteiger partial charge in [0.05, 0.1) is 31.3 Å². The first kappa shape index (κ1) is 52.3. The Labute approximate surface area is 332 Å². The summed E-state index contributed by atoms with van der Waals surface area (Å²) in [7, 11) is -5.09. The van der Waals surface area contributed by atoms with Crippen molar-refractivity contribution in [2.24, 2.45) is 0 Å². The molecule has 1 rings (SSSR count). The molecule has 14 heteroatoms. The smallest absolute Gasteiger partial charge is 0.393 e. The standard InChI is InChI=1S/C41H82NO12P/c1-3-5-7-8-9-10-11-12-13-14-15-16-17-18-19-20-21-22-23-24-25-27-28-32(43)30-35(45)42-33(34(44)29-26-6-4-2)31-53-55(51,52)54-41-39(49)37(47)36(46)38(48)40(41)50/h32-34,36-41,43-44,46-50H,3-31H2,1-2H3,(H,42,45)(H,51,52). The van der Waals surface area contributed by atoms with Crippen LogP contribution in [-0.2, 0) is 18.4 Å². The van der Waals surface area contributed by atoms with Gasteiger partial charge in [-0.3, -0.25) is 13.8 Å². The molecule has 1 aliphatic carbocycles. The molecule has 0 bridgehead atoms. The van der Waals surface area contributed by atoms with Crippen LogP contribution in [0.3, 0.4) is 0 Å². The number of phosphoric acid groups is 1. The second kappa shape index (κ2) is 32.2. The van der Waals surface area contributed by atoms with Crippen LogP contribution in [0.15, 0.2) is 0 Å². The molecule has 8 unspecified atom stereocenters. The lowest BCUT2D eigenvalue weighted by Crippen LogP contribution is -2.64. The minimum absolute atomic E-state index is 0.219. The third kappa shape index (κ3) is 24.7. The first-order chi connectivity index (χ1) is 26.3. The second-order valence-electron chi connectivity index (χ2n) is 16.1. The molecule has 0 spiro atoms. The summed E-state index contributed by atoms with van der Waals surface area (Å²) in [6.07, 6.45) is 17.4. The van der Waals surface area contributed by atoms with Crippen LogP contribution in [0.5, 0.6) is 0 Å². The normalized spacial score (nSPS) is 24.3. The fourth-order valence-corrected chi connectivity index (χ4v) is 8.27. The first-order valence-corrected chi connectivity index (χ1v) is 23.6. The minimum Gasteiger partial charge on any atom is -0.393 e. The number of hydrogen-bond acceptors (Lipinski definition) is 11. The SMILES string of the molecule is CCCCCCCCCCCCCCCCCCCCCCCCC(O)CC(=O)NC(COP(=O)(O)OC1C(O)C(O)C(O)C(O)C1O)C(O)CCCCC. The molecular formula is C41H82NO12P. The Kier molecular flexibility index (Phi) is 30.6. The van der Waals surface area contributed by atoms with Gasteiger partial charge in [0.25, 0.3) is 0 Å². The molecule has 328 valence electrons. The Balaban J connectivity index is 2.23. The van der Waals surface area contributed by atoms with E-state index >= 15 is 0 Å². The molecule has 0 radical (unpaired) electrons. The van der Waals surface area contributed by atoms with Crippen molar-refractivity contribution in [3.05, 3.63) is 0 Å². The fourth-order valence-electron chi connectivity index (χ4n) is 7.30. The Hall–Kier alpha value is -0.700. The van der Waals surface area contributed by atoms with E-state index in [0.717, 1.165) is 38.5 Å².